The molecule has 0 saturated heterocycles. The monoisotopic (exact) mass is 282 g/mol. The summed E-state index contributed by atoms with van der Waals surface area (Å²) in [6.07, 6.45) is -5.04. The van der Waals surface area contributed by atoms with Crippen molar-refractivity contribution in [2.24, 2.45) is 7.05 Å². The molecule has 0 N–H and O–H groups in total. The molecule has 1 aromatic heterocycles. The molecular weight excluding hydrogens is 273 g/mol. The third-order valence-corrected chi connectivity index (χ3v) is 2.77. The van der Waals surface area contributed by atoms with Crippen LogP contribution >= 0.6 is 0 Å². The third kappa shape index (κ3) is 2.74. The average molecular weight is 282 g/mol. The van der Waals surface area contributed by atoms with Gasteiger partial charge >= 0.3 is 6.36 Å². The molecule has 0 fully saturated rings. The summed E-state index contributed by atoms with van der Waals surface area (Å²) in [7, 11) is 1.61. The number of aryl methyl sites for hydroxylation is 1. The largest absolute Gasteiger partial charge is 0.573 e. The summed E-state index contributed by atoms with van der Waals surface area (Å²) in [4.78, 5) is 11.7. The molecule has 0 amide bonds. The maximum absolute atomic E-state index is 12.1. The van der Waals surface area contributed by atoms with Crippen molar-refractivity contribution in [1.29, 1.82) is 5.26 Å². The highest BCUT2D eigenvalue weighted by Gasteiger charge is 2.31. The summed E-state index contributed by atoms with van der Waals surface area (Å²) in [5.74, 6) is -0.737. The molecular formula is C13H9F3N2O2. The second kappa shape index (κ2) is 4.89. The van der Waals surface area contributed by atoms with Crippen LogP contribution in [0.3, 0.4) is 0 Å². The van der Waals surface area contributed by atoms with E-state index in [0.29, 0.717) is 10.9 Å². The topological polar surface area (TPSA) is 55.0 Å². The lowest BCUT2D eigenvalue weighted by Crippen LogP contribution is -2.16. The number of alkyl halides is 3. The van der Waals surface area contributed by atoms with Crippen molar-refractivity contribution in [2.75, 3.05) is 0 Å². The maximum Gasteiger partial charge on any atom is 0.573 e. The van der Waals surface area contributed by atoms with Crippen LogP contribution < -0.4 is 4.74 Å². The van der Waals surface area contributed by atoms with E-state index in [1.165, 1.54) is 28.8 Å². The molecule has 0 aliphatic heterocycles. The minimum Gasteiger partial charge on any atom is -0.406 e. The first-order valence-corrected chi connectivity index (χ1v) is 5.57. The lowest BCUT2D eigenvalue weighted by Gasteiger charge is -2.08. The van der Waals surface area contributed by atoms with E-state index in [9.17, 15) is 18.0 Å². The van der Waals surface area contributed by atoms with Gasteiger partial charge in [0.05, 0.1) is 11.8 Å². The number of nitrogens with zero attached hydrogens (tertiary/aromatic N) is 2. The van der Waals surface area contributed by atoms with Gasteiger partial charge in [0.15, 0.2) is 5.78 Å². The molecule has 0 unspecified atom stereocenters. The first kappa shape index (κ1) is 13.9. The SMILES string of the molecule is Cn1c(C(=O)CC#N)cc2cc(OC(F)(F)F)ccc21. The standard InChI is InChI=1S/C13H9F3N2O2/c1-18-10-3-2-9(20-13(14,15)16)6-8(10)7-11(18)12(19)4-5-17/h2-3,6-7H,4H2,1H3. The molecule has 1 aromatic carbocycles. The number of aromatic nitrogens is 1. The lowest BCUT2D eigenvalue weighted by atomic mass is 10.2. The Labute approximate surface area is 112 Å². The fraction of sp³-hybridized carbons (Fsp3) is 0.231. The van der Waals surface area contributed by atoms with Crippen molar-refractivity contribution < 1.29 is 22.7 Å². The molecule has 0 aliphatic rings. The number of carbonyl (C=O) groups is 1. The number of hydrogen-bond donors (Lipinski definition) is 0. The Hall–Kier alpha value is -2.49. The number of rotatable bonds is 3. The van der Waals surface area contributed by atoms with Crippen molar-refractivity contribution in [2.45, 2.75) is 12.8 Å². The van der Waals surface area contributed by atoms with Gasteiger partial charge in [-0.15, -0.1) is 13.2 Å². The summed E-state index contributed by atoms with van der Waals surface area (Å²) >= 11 is 0. The molecule has 7 heteroatoms. The Bertz CT molecular complexity index is 711. The molecule has 20 heavy (non-hydrogen) atoms. The molecule has 0 atom stereocenters. The molecule has 0 saturated carbocycles. The van der Waals surface area contributed by atoms with Gasteiger partial charge in [-0.3, -0.25) is 4.79 Å². The van der Waals surface area contributed by atoms with Gasteiger partial charge in [-0.25, -0.2) is 0 Å². The minimum atomic E-state index is -4.76. The van der Waals surface area contributed by atoms with Gasteiger partial charge in [-0.1, -0.05) is 0 Å². The number of fused-ring (bicyclic) bond motifs is 1. The Morgan fingerprint density at radius 1 is 1.40 bits per heavy atom. The van der Waals surface area contributed by atoms with E-state index in [1.807, 2.05) is 0 Å². The molecule has 0 spiro atoms. The maximum atomic E-state index is 12.1. The number of ketones is 1. The molecule has 2 aromatic rings. The molecule has 1 heterocycles. The normalized spacial score (nSPS) is 11.3. The lowest BCUT2D eigenvalue weighted by molar-refractivity contribution is -0.274. The van der Waals surface area contributed by atoms with Gasteiger partial charge in [0.1, 0.15) is 12.2 Å². The molecule has 4 nitrogen and oxygen atoms in total. The number of nitriles is 1. The van der Waals surface area contributed by atoms with Gasteiger partial charge in [0.2, 0.25) is 0 Å². The van der Waals surface area contributed by atoms with E-state index >= 15 is 0 Å². The molecule has 104 valence electrons. The predicted octanol–water partition coefficient (Wildman–Crippen LogP) is 3.17. The Morgan fingerprint density at radius 3 is 2.70 bits per heavy atom. The number of halogens is 3. The van der Waals surface area contributed by atoms with Crippen molar-refractivity contribution >= 4 is 16.7 Å². The fourth-order valence-corrected chi connectivity index (χ4v) is 1.95. The van der Waals surface area contributed by atoms with Crippen molar-refractivity contribution in [3.05, 3.63) is 30.0 Å². The first-order chi connectivity index (χ1) is 9.31. The van der Waals surface area contributed by atoms with Crippen LogP contribution in [-0.2, 0) is 7.05 Å². The number of benzene rings is 1. The summed E-state index contributed by atoms with van der Waals surface area (Å²) in [5, 5.41) is 8.95. The Morgan fingerprint density at radius 2 is 2.10 bits per heavy atom. The number of ether oxygens (including phenoxy) is 1. The molecule has 2 rings (SSSR count). The van der Waals surface area contributed by atoms with Crippen molar-refractivity contribution in [3.63, 3.8) is 0 Å². The van der Waals surface area contributed by atoms with Crippen LogP contribution in [0.2, 0.25) is 0 Å². The minimum absolute atomic E-state index is 0.269. The summed E-state index contributed by atoms with van der Waals surface area (Å²) in [6.45, 7) is 0. The van der Waals surface area contributed by atoms with Gasteiger partial charge < -0.3 is 9.30 Å². The van der Waals surface area contributed by atoms with Crippen LogP contribution in [0.5, 0.6) is 5.75 Å². The van der Waals surface area contributed by atoms with E-state index in [2.05, 4.69) is 4.74 Å². The Kier molecular flexibility index (Phi) is 3.40. The van der Waals surface area contributed by atoms with Crippen LogP contribution in [-0.4, -0.2) is 16.7 Å². The molecule has 0 bridgehead atoms. The van der Waals surface area contributed by atoms with Gasteiger partial charge in [-0.05, 0) is 24.3 Å². The number of carbonyl (C=O) groups excluding carboxylic acids is 1. The smallest absolute Gasteiger partial charge is 0.406 e. The van der Waals surface area contributed by atoms with E-state index in [0.717, 1.165) is 0 Å². The summed E-state index contributed by atoms with van der Waals surface area (Å²) in [6, 6.07) is 6.99. The van der Waals surface area contributed by atoms with Crippen LogP contribution in [0, 0.1) is 11.3 Å². The zero-order valence-electron chi connectivity index (χ0n) is 10.4. The van der Waals surface area contributed by atoms with Crippen LogP contribution in [0.15, 0.2) is 24.3 Å². The van der Waals surface area contributed by atoms with Crippen LogP contribution in [0.25, 0.3) is 10.9 Å². The van der Waals surface area contributed by atoms with Gasteiger partial charge in [0, 0.05) is 18.0 Å². The van der Waals surface area contributed by atoms with Crippen molar-refractivity contribution in [3.8, 4) is 11.8 Å². The van der Waals surface area contributed by atoms with Crippen LogP contribution in [0.4, 0.5) is 13.2 Å². The second-order valence-electron chi connectivity index (χ2n) is 4.12. The molecule has 0 radical (unpaired) electrons. The second-order valence-corrected chi connectivity index (χ2v) is 4.12. The summed E-state index contributed by atoms with van der Waals surface area (Å²) < 4.78 is 41.8. The number of Topliss-reactive ketones (excluding diaryl/α,β-unsaturated/α-hetero) is 1. The highest BCUT2D eigenvalue weighted by Crippen LogP contribution is 2.28. The first-order valence-electron chi connectivity index (χ1n) is 5.57. The van der Waals surface area contributed by atoms with E-state index in [-0.39, 0.29) is 23.6 Å². The highest BCUT2D eigenvalue weighted by atomic mass is 19.4. The zero-order valence-corrected chi connectivity index (χ0v) is 10.4. The summed E-state index contributed by atoms with van der Waals surface area (Å²) in [5.41, 5.74) is 0.853. The fourth-order valence-electron chi connectivity index (χ4n) is 1.95. The number of hydrogen-bond acceptors (Lipinski definition) is 3. The van der Waals surface area contributed by atoms with Gasteiger partial charge in [-0.2, -0.15) is 5.26 Å². The quantitative estimate of drug-likeness (QED) is 0.812. The van der Waals surface area contributed by atoms with E-state index in [1.54, 1.807) is 13.1 Å². The van der Waals surface area contributed by atoms with Gasteiger partial charge in [0.25, 0.3) is 0 Å². The Balaban J connectivity index is 2.45. The third-order valence-electron chi connectivity index (χ3n) is 2.77. The predicted molar refractivity (Wildman–Crippen MR) is 64.2 cm³/mol. The van der Waals surface area contributed by atoms with Crippen molar-refractivity contribution in [1.82, 2.24) is 4.57 Å². The van der Waals surface area contributed by atoms with E-state index in [4.69, 9.17) is 5.26 Å². The van der Waals surface area contributed by atoms with E-state index < -0.39 is 6.36 Å². The zero-order chi connectivity index (χ0) is 14.9. The van der Waals surface area contributed by atoms with Crippen LogP contribution in [0.1, 0.15) is 16.9 Å². The average Bonchev–Trinajstić information content (AvgIpc) is 2.65. The highest BCUT2D eigenvalue weighted by molar-refractivity contribution is 6.01. The molecule has 0 aliphatic carbocycles.